The Hall–Kier alpha value is -1.93. The standard InChI is InChI=1S/C13H19N5O3/c14-11(20)4-15-12-3-10(8-1-2-21-7-8)16-13(17-12)18-5-9(19)6-18/h3,8-9,19H,1-2,4-7H2,(H2,14,20)(H,15,16,17)/t8-/m1/s1. The number of ether oxygens (including phenoxy) is 1. The van der Waals surface area contributed by atoms with E-state index in [4.69, 9.17) is 10.5 Å². The molecule has 21 heavy (non-hydrogen) atoms. The lowest BCUT2D eigenvalue weighted by molar-refractivity contribution is -0.116. The molecule has 1 atom stereocenters. The maximum absolute atomic E-state index is 10.9. The smallest absolute Gasteiger partial charge is 0.236 e. The largest absolute Gasteiger partial charge is 0.389 e. The van der Waals surface area contributed by atoms with Gasteiger partial charge in [-0.25, -0.2) is 4.98 Å². The van der Waals surface area contributed by atoms with E-state index in [-0.39, 0.29) is 18.6 Å². The summed E-state index contributed by atoms with van der Waals surface area (Å²) in [5.74, 6) is 0.936. The Morgan fingerprint density at radius 3 is 2.95 bits per heavy atom. The summed E-state index contributed by atoms with van der Waals surface area (Å²) >= 11 is 0. The van der Waals surface area contributed by atoms with Crippen LogP contribution in [0.25, 0.3) is 0 Å². The minimum atomic E-state index is -0.444. The number of hydrogen-bond acceptors (Lipinski definition) is 7. The molecule has 2 saturated heterocycles. The highest BCUT2D eigenvalue weighted by molar-refractivity contribution is 5.78. The van der Waals surface area contributed by atoms with Crippen LogP contribution in [0.2, 0.25) is 0 Å². The van der Waals surface area contributed by atoms with E-state index in [1.807, 2.05) is 11.0 Å². The molecule has 3 rings (SSSR count). The number of β-amino-alcohol motifs (C(OH)–C–C–N with tert-alkyl or cyclic N) is 1. The first-order valence-electron chi connectivity index (χ1n) is 7.03. The first-order valence-corrected chi connectivity index (χ1v) is 7.03. The summed E-state index contributed by atoms with van der Waals surface area (Å²) in [5.41, 5.74) is 6.04. The topological polar surface area (TPSA) is 114 Å². The van der Waals surface area contributed by atoms with Crippen molar-refractivity contribution in [3.63, 3.8) is 0 Å². The Balaban J connectivity index is 1.82. The van der Waals surface area contributed by atoms with Crippen molar-refractivity contribution in [3.8, 4) is 0 Å². The second-order valence-electron chi connectivity index (χ2n) is 5.42. The molecule has 1 amide bonds. The number of nitrogens with zero attached hydrogens (tertiary/aromatic N) is 3. The minimum absolute atomic E-state index is 0.0275. The van der Waals surface area contributed by atoms with Gasteiger partial charge in [0.05, 0.1) is 24.9 Å². The van der Waals surface area contributed by atoms with Gasteiger partial charge in [-0.05, 0) is 6.42 Å². The second-order valence-corrected chi connectivity index (χ2v) is 5.42. The molecule has 0 aliphatic carbocycles. The van der Waals surface area contributed by atoms with Gasteiger partial charge in [0.2, 0.25) is 11.9 Å². The number of aliphatic hydroxyl groups excluding tert-OH is 1. The molecular weight excluding hydrogens is 274 g/mol. The molecule has 0 radical (unpaired) electrons. The third-order valence-electron chi connectivity index (χ3n) is 3.67. The zero-order valence-electron chi connectivity index (χ0n) is 11.7. The minimum Gasteiger partial charge on any atom is -0.389 e. The summed E-state index contributed by atoms with van der Waals surface area (Å²) in [6, 6.07) is 1.84. The summed E-state index contributed by atoms with van der Waals surface area (Å²) in [7, 11) is 0. The van der Waals surface area contributed by atoms with Crippen molar-refractivity contribution in [2.45, 2.75) is 18.4 Å². The van der Waals surface area contributed by atoms with Crippen LogP contribution in [0.15, 0.2) is 6.07 Å². The van der Waals surface area contributed by atoms with E-state index in [9.17, 15) is 9.90 Å². The monoisotopic (exact) mass is 293 g/mol. The van der Waals surface area contributed by atoms with Gasteiger partial charge in [-0.1, -0.05) is 0 Å². The van der Waals surface area contributed by atoms with E-state index in [1.165, 1.54) is 0 Å². The van der Waals surface area contributed by atoms with E-state index in [0.29, 0.717) is 31.5 Å². The molecule has 0 bridgehead atoms. The van der Waals surface area contributed by atoms with Crippen LogP contribution < -0.4 is 16.0 Å². The number of aromatic nitrogens is 2. The Bertz CT molecular complexity index is 527. The third-order valence-corrected chi connectivity index (χ3v) is 3.67. The van der Waals surface area contributed by atoms with Crippen LogP contribution in [0.4, 0.5) is 11.8 Å². The van der Waals surface area contributed by atoms with Crippen LogP contribution in [-0.2, 0) is 9.53 Å². The van der Waals surface area contributed by atoms with Crippen molar-refractivity contribution < 1.29 is 14.6 Å². The molecule has 4 N–H and O–H groups in total. The lowest BCUT2D eigenvalue weighted by Gasteiger charge is -2.36. The zero-order chi connectivity index (χ0) is 14.8. The van der Waals surface area contributed by atoms with E-state index in [1.54, 1.807) is 0 Å². The van der Waals surface area contributed by atoms with Gasteiger partial charge < -0.3 is 25.8 Å². The van der Waals surface area contributed by atoms with Gasteiger partial charge in [0.25, 0.3) is 0 Å². The maximum Gasteiger partial charge on any atom is 0.236 e. The number of nitrogens with one attached hydrogen (secondary N) is 1. The predicted octanol–water partition coefficient (Wildman–Crippen LogP) is -0.941. The van der Waals surface area contributed by atoms with Crippen LogP contribution in [-0.4, -0.2) is 59.9 Å². The van der Waals surface area contributed by atoms with Crippen molar-refractivity contribution in [3.05, 3.63) is 11.8 Å². The zero-order valence-corrected chi connectivity index (χ0v) is 11.7. The van der Waals surface area contributed by atoms with Crippen molar-refractivity contribution in [2.75, 3.05) is 43.1 Å². The number of hydrogen-bond donors (Lipinski definition) is 3. The number of rotatable bonds is 5. The van der Waals surface area contributed by atoms with Crippen LogP contribution in [0.1, 0.15) is 18.0 Å². The Kier molecular flexibility index (Phi) is 3.89. The van der Waals surface area contributed by atoms with Gasteiger partial charge in [0.15, 0.2) is 0 Å². The van der Waals surface area contributed by atoms with Gasteiger partial charge in [0, 0.05) is 31.7 Å². The molecule has 8 heteroatoms. The molecule has 2 aliphatic heterocycles. The molecular formula is C13H19N5O3. The van der Waals surface area contributed by atoms with Gasteiger partial charge in [-0.3, -0.25) is 4.79 Å². The molecule has 1 aromatic heterocycles. The summed E-state index contributed by atoms with van der Waals surface area (Å²) in [6.45, 7) is 2.46. The number of anilines is 2. The average Bonchev–Trinajstić information content (AvgIpc) is 2.95. The fraction of sp³-hybridized carbons (Fsp3) is 0.615. The maximum atomic E-state index is 10.9. The van der Waals surface area contributed by atoms with Gasteiger partial charge >= 0.3 is 0 Å². The number of nitrogens with two attached hydrogens (primary N) is 1. The first kappa shape index (κ1) is 14.0. The summed E-state index contributed by atoms with van der Waals surface area (Å²) < 4.78 is 5.40. The predicted molar refractivity (Wildman–Crippen MR) is 76.1 cm³/mol. The third kappa shape index (κ3) is 3.22. The van der Waals surface area contributed by atoms with Crippen molar-refractivity contribution in [1.82, 2.24) is 9.97 Å². The van der Waals surface area contributed by atoms with E-state index < -0.39 is 5.91 Å². The SMILES string of the molecule is NC(=O)CNc1cc([C@@H]2CCOC2)nc(N2CC(O)C2)n1. The Morgan fingerprint density at radius 1 is 1.52 bits per heavy atom. The summed E-state index contributed by atoms with van der Waals surface area (Å²) in [6.07, 6.45) is 0.600. The molecule has 0 unspecified atom stereocenters. The van der Waals surface area contributed by atoms with Crippen LogP contribution >= 0.6 is 0 Å². The number of primary amides is 1. The van der Waals surface area contributed by atoms with Gasteiger partial charge in [-0.2, -0.15) is 4.98 Å². The lowest BCUT2D eigenvalue weighted by Crippen LogP contribution is -2.51. The van der Waals surface area contributed by atoms with Crippen LogP contribution in [0.3, 0.4) is 0 Å². The molecule has 0 saturated carbocycles. The summed E-state index contributed by atoms with van der Waals surface area (Å²) in [4.78, 5) is 21.7. The molecule has 2 aliphatic rings. The lowest BCUT2D eigenvalue weighted by atomic mass is 10.0. The molecule has 1 aromatic rings. The molecule has 114 valence electrons. The van der Waals surface area contributed by atoms with Crippen LogP contribution in [0, 0.1) is 0 Å². The molecule has 3 heterocycles. The second kappa shape index (κ2) is 5.82. The van der Waals surface area contributed by atoms with E-state index in [2.05, 4.69) is 15.3 Å². The first-order chi connectivity index (χ1) is 10.1. The molecule has 2 fully saturated rings. The van der Waals surface area contributed by atoms with Gasteiger partial charge in [-0.15, -0.1) is 0 Å². The highest BCUT2D eigenvalue weighted by Crippen LogP contribution is 2.28. The fourth-order valence-corrected chi connectivity index (χ4v) is 2.46. The number of carbonyl (C=O) groups excluding carboxylic acids is 1. The highest BCUT2D eigenvalue weighted by atomic mass is 16.5. The summed E-state index contributed by atoms with van der Waals surface area (Å²) in [5, 5.41) is 12.3. The van der Waals surface area contributed by atoms with Crippen molar-refractivity contribution in [2.24, 2.45) is 5.73 Å². The van der Waals surface area contributed by atoms with Crippen molar-refractivity contribution in [1.29, 1.82) is 0 Å². The van der Waals surface area contributed by atoms with E-state index >= 15 is 0 Å². The fourth-order valence-electron chi connectivity index (χ4n) is 2.46. The number of aliphatic hydroxyl groups is 1. The van der Waals surface area contributed by atoms with E-state index in [0.717, 1.165) is 18.7 Å². The van der Waals surface area contributed by atoms with Crippen molar-refractivity contribution >= 4 is 17.7 Å². The normalized spacial score (nSPS) is 22.1. The number of amides is 1. The molecule has 0 aromatic carbocycles. The Labute approximate surface area is 122 Å². The quantitative estimate of drug-likeness (QED) is 0.642. The van der Waals surface area contributed by atoms with Gasteiger partial charge in [0.1, 0.15) is 5.82 Å². The Morgan fingerprint density at radius 2 is 2.33 bits per heavy atom. The highest BCUT2D eigenvalue weighted by Gasteiger charge is 2.28. The molecule has 8 nitrogen and oxygen atoms in total. The molecule has 0 spiro atoms. The number of carbonyl (C=O) groups is 1. The van der Waals surface area contributed by atoms with Crippen LogP contribution in [0.5, 0.6) is 0 Å². The average molecular weight is 293 g/mol.